The van der Waals surface area contributed by atoms with E-state index >= 15 is 0 Å². The van der Waals surface area contributed by atoms with Crippen LogP contribution in [0.3, 0.4) is 0 Å². The van der Waals surface area contributed by atoms with E-state index in [4.69, 9.17) is 0 Å². The van der Waals surface area contributed by atoms with Crippen LogP contribution in [0.4, 0.5) is 13.2 Å². The van der Waals surface area contributed by atoms with Gasteiger partial charge in [0.15, 0.2) is 0 Å². The average Bonchev–Trinajstić information content (AvgIpc) is 3.09. The van der Waals surface area contributed by atoms with E-state index in [-0.39, 0.29) is 5.91 Å². The standard InChI is InChI=1S/C20H23F3N2OS/c21-20(22,23)15-6-7-17-14(10-15)11-18(27-17)19(26)24-12-13-4-3-9-25-8-2-1-5-16(13)25/h6-7,10-11,13,16H,1-5,8-9,12H2,(H,24,26)/t13-,16-/m0/s1. The third-order valence-electron chi connectivity index (χ3n) is 5.82. The highest BCUT2D eigenvalue weighted by molar-refractivity contribution is 7.20. The third kappa shape index (κ3) is 3.99. The van der Waals surface area contributed by atoms with Gasteiger partial charge >= 0.3 is 6.18 Å². The Labute approximate surface area is 160 Å². The van der Waals surface area contributed by atoms with E-state index in [0.29, 0.717) is 33.5 Å². The van der Waals surface area contributed by atoms with E-state index in [1.165, 1.54) is 43.1 Å². The van der Waals surface area contributed by atoms with Crippen molar-refractivity contribution in [1.29, 1.82) is 0 Å². The number of nitrogens with zero attached hydrogens (tertiary/aromatic N) is 1. The molecule has 0 bridgehead atoms. The maximum Gasteiger partial charge on any atom is 0.416 e. The molecule has 1 aromatic heterocycles. The van der Waals surface area contributed by atoms with Crippen molar-refractivity contribution in [3.63, 3.8) is 0 Å². The first kappa shape index (κ1) is 18.7. The lowest BCUT2D eigenvalue weighted by atomic mass is 9.83. The zero-order valence-electron chi connectivity index (χ0n) is 15.0. The minimum absolute atomic E-state index is 0.183. The van der Waals surface area contributed by atoms with E-state index in [1.807, 2.05) is 0 Å². The first-order chi connectivity index (χ1) is 12.9. The van der Waals surface area contributed by atoms with Crippen LogP contribution >= 0.6 is 11.3 Å². The van der Waals surface area contributed by atoms with Crippen molar-refractivity contribution in [3.8, 4) is 0 Å². The van der Waals surface area contributed by atoms with Gasteiger partial charge in [0.05, 0.1) is 10.4 Å². The number of thiophene rings is 1. The van der Waals surface area contributed by atoms with Crippen LogP contribution in [0.5, 0.6) is 0 Å². The molecule has 146 valence electrons. The van der Waals surface area contributed by atoms with Crippen LogP contribution in [0.25, 0.3) is 10.1 Å². The maximum atomic E-state index is 12.9. The lowest BCUT2D eigenvalue weighted by Crippen LogP contribution is -2.50. The van der Waals surface area contributed by atoms with Gasteiger partial charge in [0.2, 0.25) is 0 Å². The minimum atomic E-state index is -4.37. The summed E-state index contributed by atoms with van der Waals surface area (Å²) in [5.74, 6) is 0.284. The molecule has 1 N–H and O–H groups in total. The zero-order valence-corrected chi connectivity index (χ0v) is 15.8. The van der Waals surface area contributed by atoms with Gasteiger partial charge in [0, 0.05) is 17.3 Å². The van der Waals surface area contributed by atoms with Crippen LogP contribution in [-0.4, -0.2) is 36.5 Å². The summed E-state index contributed by atoms with van der Waals surface area (Å²) in [5, 5.41) is 3.50. The Morgan fingerprint density at radius 3 is 2.78 bits per heavy atom. The molecule has 4 rings (SSSR count). The molecular formula is C20H23F3N2OS. The van der Waals surface area contributed by atoms with E-state index in [9.17, 15) is 18.0 Å². The number of rotatable bonds is 3. The van der Waals surface area contributed by atoms with Crippen molar-refractivity contribution in [1.82, 2.24) is 10.2 Å². The van der Waals surface area contributed by atoms with E-state index in [0.717, 1.165) is 31.6 Å². The van der Waals surface area contributed by atoms with Gasteiger partial charge in [-0.3, -0.25) is 4.79 Å². The highest BCUT2D eigenvalue weighted by atomic mass is 32.1. The van der Waals surface area contributed by atoms with Crippen molar-refractivity contribution < 1.29 is 18.0 Å². The fourth-order valence-corrected chi connectivity index (χ4v) is 5.42. The van der Waals surface area contributed by atoms with E-state index in [2.05, 4.69) is 10.2 Å². The molecule has 0 saturated carbocycles. The van der Waals surface area contributed by atoms with Gasteiger partial charge in [-0.25, -0.2) is 0 Å². The number of carbonyl (C=O) groups is 1. The summed E-state index contributed by atoms with van der Waals surface area (Å²) < 4.78 is 39.3. The molecule has 1 aromatic carbocycles. The number of fused-ring (bicyclic) bond motifs is 2. The fraction of sp³-hybridized carbons (Fsp3) is 0.550. The summed E-state index contributed by atoms with van der Waals surface area (Å²) in [5.41, 5.74) is -0.681. The molecule has 2 saturated heterocycles. The Hall–Kier alpha value is -1.60. The number of halogens is 3. The van der Waals surface area contributed by atoms with Gasteiger partial charge in [-0.2, -0.15) is 13.2 Å². The van der Waals surface area contributed by atoms with Gasteiger partial charge in [-0.05, 0) is 74.3 Å². The van der Waals surface area contributed by atoms with Gasteiger partial charge in [-0.1, -0.05) is 6.42 Å². The molecule has 3 heterocycles. The molecule has 7 heteroatoms. The molecule has 0 radical (unpaired) electrons. The second kappa shape index (κ2) is 7.43. The molecular weight excluding hydrogens is 373 g/mol. The molecule has 0 unspecified atom stereocenters. The Kier molecular flexibility index (Phi) is 5.16. The molecule has 2 aromatic rings. The number of hydrogen-bond donors (Lipinski definition) is 1. The molecule has 1 amide bonds. The Bertz CT molecular complexity index is 830. The van der Waals surface area contributed by atoms with Crippen LogP contribution in [0.15, 0.2) is 24.3 Å². The molecule has 2 atom stereocenters. The number of hydrogen-bond acceptors (Lipinski definition) is 3. The second-order valence-corrected chi connectivity index (χ2v) is 8.66. The molecule has 2 aliphatic rings. The first-order valence-corrected chi connectivity index (χ1v) is 10.4. The van der Waals surface area contributed by atoms with Crippen LogP contribution < -0.4 is 5.32 Å². The number of carbonyl (C=O) groups excluding carboxylic acids is 1. The normalized spacial score (nSPS) is 24.0. The monoisotopic (exact) mass is 396 g/mol. The number of piperidine rings is 2. The summed E-state index contributed by atoms with van der Waals surface area (Å²) in [6.07, 6.45) is 1.64. The quantitative estimate of drug-likeness (QED) is 0.799. The van der Waals surface area contributed by atoms with Crippen LogP contribution in [-0.2, 0) is 6.18 Å². The Balaban J connectivity index is 1.43. The smallest absolute Gasteiger partial charge is 0.351 e. The number of alkyl halides is 3. The summed E-state index contributed by atoms with van der Waals surface area (Å²) in [6.45, 7) is 2.96. The Morgan fingerprint density at radius 2 is 1.96 bits per heavy atom. The average molecular weight is 396 g/mol. The third-order valence-corrected chi connectivity index (χ3v) is 6.94. The summed E-state index contributed by atoms with van der Waals surface area (Å²) in [7, 11) is 0. The summed E-state index contributed by atoms with van der Waals surface area (Å²) in [4.78, 5) is 15.6. The van der Waals surface area contributed by atoms with Crippen molar-refractivity contribution in [2.45, 2.75) is 44.3 Å². The van der Waals surface area contributed by atoms with Gasteiger partial charge in [0.1, 0.15) is 0 Å². The van der Waals surface area contributed by atoms with Crippen molar-refractivity contribution in [3.05, 3.63) is 34.7 Å². The highest BCUT2D eigenvalue weighted by Crippen LogP contribution is 2.34. The summed E-state index contributed by atoms with van der Waals surface area (Å²) in [6, 6.07) is 5.76. The number of nitrogens with one attached hydrogen (secondary N) is 1. The predicted octanol–water partition coefficient (Wildman–Crippen LogP) is 4.91. The van der Waals surface area contributed by atoms with Gasteiger partial charge in [0.25, 0.3) is 5.91 Å². The van der Waals surface area contributed by atoms with E-state index < -0.39 is 11.7 Å². The lowest BCUT2D eigenvalue weighted by molar-refractivity contribution is -0.137. The predicted molar refractivity (Wildman–Crippen MR) is 101 cm³/mol. The first-order valence-electron chi connectivity index (χ1n) is 9.55. The molecule has 0 spiro atoms. The van der Waals surface area contributed by atoms with Crippen LogP contribution in [0.1, 0.15) is 47.3 Å². The van der Waals surface area contributed by atoms with Crippen molar-refractivity contribution in [2.24, 2.45) is 5.92 Å². The highest BCUT2D eigenvalue weighted by Gasteiger charge is 2.33. The fourth-order valence-electron chi connectivity index (χ4n) is 4.46. The number of benzene rings is 1. The lowest BCUT2D eigenvalue weighted by Gasteiger charge is -2.44. The summed E-state index contributed by atoms with van der Waals surface area (Å²) >= 11 is 1.24. The zero-order chi connectivity index (χ0) is 19.0. The van der Waals surface area contributed by atoms with Gasteiger partial charge in [-0.15, -0.1) is 11.3 Å². The van der Waals surface area contributed by atoms with Crippen LogP contribution in [0, 0.1) is 5.92 Å². The second-order valence-electron chi connectivity index (χ2n) is 7.57. The molecule has 2 fully saturated rings. The SMILES string of the molecule is O=C(NC[C@@H]1CCCN2CCCC[C@@H]12)c1cc2cc(C(F)(F)F)ccc2s1. The van der Waals surface area contributed by atoms with Crippen LogP contribution in [0.2, 0.25) is 0 Å². The molecule has 27 heavy (non-hydrogen) atoms. The molecule has 0 aliphatic carbocycles. The minimum Gasteiger partial charge on any atom is -0.351 e. The largest absolute Gasteiger partial charge is 0.416 e. The molecule has 3 nitrogen and oxygen atoms in total. The van der Waals surface area contributed by atoms with Gasteiger partial charge < -0.3 is 10.2 Å². The number of amides is 1. The Morgan fingerprint density at radius 1 is 1.15 bits per heavy atom. The maximum absolute atomic E-state index is 12.9. The van der Waals surface area contributed by atoms with Crippen molar-refractivity contribution >= 4 is 27.3 Å². The topological polar surface area (TPSA) is 32.3 Å². The van der Waals surface area contributed by atoms with Crippen molar-refractivity contribution in [2.75, 3.05) is 19.6 Å². The van der Waals surface area contributed by atoms with E-state index in [1.54, 1.807) is 6.07 Å². The molecule has 2 aliphatic heterocycles.